The molecule has 1 aliphatic heterocycles. The minimum absolute atomic E-state index is 0.110. The fourth-order valence-corrected chi connectivity index (χ4v) is 4.11. The lowest BCUT2D eigenvalue weighted by atomic mass is 10.1. The number of nitrogens with one attached hydrogen (secondary N) is 1. The number of benzene rings is 2. The minimum Gasteiger partial charge on any atom is -0.374 e. The van der Waals surface area contributed by atoms with Gasteiger partial charge in [-0.25, -0.2) is 4.39 Å². The third kappa shape index (κ3) is 4.54. The summed E-state index contributed by atoms with van der Waals surface area (Å²) in [6.07, 6.45) is -4.79. The average molecular weight is 371 g/mol. The molecule has 1 saturated heterocycles. The number of hydrogen-bond donors (Lipinski definition) is 1. The Labute approximate surface area is 147 Å². The number of morpholine rings is 1. The van der Waals surface area contributed by atoms with Gasteiger partial charge in [-0.15, -0.1) is 11.8 Å². The van der Waals surface area contributed by atoms with Crippen molar-refractivity contribution in [3.8, 4) is 0 Å². The van der Waals surface area contributed by atoms with Gasteiger partial charge in [-0.3, -0.25) is 0 Å². The molecule has 0 amide bonds. The van der Waals surface area contributed by atoms with Crippen LogP contribution in [0.4, 0.5) is 17.6 Å². The van der Waals surface area contributed by atoms with Crippen molar-refractivity contribution < 1.29 is 22.3 Å². The molecule has 0 aliphatic carbocycles. The maximum atomic E-state index is 13.7. The topological polar surface area (TPSA) is 21.3 Å². The van der Waals surface area contributed by atoms with Crippen LogP contribution < -0.4 is 5.32 Å². The predicted octanol–water partition coefficient (Wildman–Crippen LogP) is 4.67. The van der Waals surface area contributed by atoms with Gasteiger partial charge in [0.25, 0.3) is 0 Å². The molecule has 0 saturated carbocycles. The van der Waals surface area contributed by atoms with Crippen molar-refractivity contribution in [1.82, 2.24) is 5.32 Å². The molecule has 134 valence electrons. The number of alkyl halides is 3. The maximum absolute atomic E-state index is 13.7. The van der Waals surface area contributed by atoms with Crippen molar-refractivity contribution in [3.05, 3.63) is 65.5 Å². The molecular formula is C18H17F4NOS. The van der Waals surface area contributed by atoms with Gasteiger partial charge in [0, 0.05) is 18.0 Å². The molecule has 25 heavy (non-hydrogen) atoms. The number of halogens is 4. The first-order valence-electron chi connectivity index (χ1n) is 7.86. The highest BCUT2D eigenvalue weighted by molar-refractivity contribution is 7.99. The summed E-state index contributed by atoms with van der Waals surface area (Å²) in [5.74, 6) is -0.420. The van der Waals surface area contributed by atoms with Crippen LogP contribution >= 0.6 is 11.8 Å². The van der Waals surface area contributed by atoms with Crippen LogP contribution in [0.25, 0.3) is 0 Å². The summed E-state index contributed by atoms with van der Waals surface area (Å²) < 4.78 is 59.3. The van der Waals surface area contributed by atoms with E-state index in [-0.39, 0.29) is 11.0 Å². The van der Waals surface area contributed by atoms with Crippen LogP contribution in [0.5, 0.6) is 0 Å². The molecule has 2 aromatic rings. The van der Waals surface area contributed by atoms with Crippen LogP contribution in [0.15, 0.2) is 53.4 Å². The fraction of sp³-hybridized carbons (Fsp3) is 0.333. The Kier molecular flexibility index (Phi) is 5.66. The molecule has 3 rings (SSSR count). The first-order chi connectivity index (χ1) is 11.9. The number of hydrogen-bond acceptors (Lipinski definition) is 3. The largest absolute Gasteiger partial charge is 0.417 e. The van der Waals surface area contributed by atoms with Crippen LogP contribution in [0, 0.1) is 5.82 Å². The van der Waals surface area contributed by atoms with E-state index in [4.69, 9.17) is 4.74 Å². The SMILES string of the molecule is Fc1cccc([C@H](Sc2ccccc2C(F)(F)F)[C@@H]2CNCCO2)c1. The molecule has 1 fully saturated rings. The van der Waals surface area contributed by atoms with E-state index in [1.807, 2.05) is 0 Å². The van der Waals surface area contributed by atoms with E-state index in [0.717, 1.165) is 17.8 Å². The van der Waals surface area contributed by atoms with Crippen LogP contribution in [-0.4, -0.2) is 25.8 Å². The van der Waals surface area contributed by atoms with Crippen molar-refractivity contribution in [2.75, 3.05) is 19.7 Å². The minimum atomic E-state index is -4.44. The lowest BCUT2D eigenvalue weighted by Gasteiger charge is -2.31. The summed E-state index contributed by atoms with van der Waals surface area (Å²) in [4.78, 5) is 0.110. The Morgan fingerprint density at radius 3 is 2.60 bits per heavy atom. The zero-order valence-corrected chi connectivity index (χ0v) is 14.0. The zero-order chi connectivity index (χ0) is 17.9. The number of ether oxygens (including phenoxy) is 1. The maximum Gasteiger partial charge on any atom is 0.417 e. The molecule has 0 radical (unpaired) electrons. The Morgan fingerprint density at radius 2 is 1.92 bits per heavy atom. The normalized spacial score (nSPS) is 19.6. The van der Waals surface area contributed by atoms with E-state index in [9.17, 15) is 17.6 Å². The number of rotatable bonds is 4. The molecule has 2 aromatic carbocycles. The smallest absolute Gasteiger partial charge is 0.374 e. The lowest BCUT2D eigenvalue weighted by Crippen LogP contribution is -2.41. The van der Waals surface area contributed by atoms with Gasteiger partial charge in [0.15, 0.2) is 0 Å². The van der Waals surface area contributed by atoms with Gasteiger partial charge in [0.05, 0.1) is 23.5 Å². The van der Waals surface area contributed by atoms with Crippen molar-refractivity contribution in [1.29, 1.82) is 0 Å². The Bertz CT molecular complexity index is 716. The van der Waals surface area contributed by atoms with Crippen LogP contribution in [-0.2, 0) is 10.9 Å². The van der Waals surface area contributed by atoms with E-state index in [2.05, 4.69) is 5.32 Å². The van der Waals surface area contributed by atoms with E-state index < -0.39 is 22.8 Å². The van der Waals surface area contributed by atoms with Gasteiger partial charge < -0.3 is 10.1 Å². The van der Waals surface area contributed by atoms with Gasteiger partial charge in [-0.05, 0) is 29.8 Å². The molecule has 1 aliphatic rings. The summed E-state index contributed by atoms with van der Waals surface area (Å²) in [7, 11) is 0. The van der Waals surface area contributed by atoms with E-state index in [1.165, 1.54) is 24.3 Å². The second-order valence-electron chi connectivity index (χ2n) is 5.70. The third-order valence-corrected chi connectivity index (χ3v) is 5.36. The van der Waals surface area contributed by atoms with Gasteiger partial charge in [0.2, 0.25) is 0 Å². The van der Waals surface area contributed by atoms with Gasteiger partial charge in [-0.2, -0.15) is 13.2 Å². The first kappa shape index (κ1) is 18.2. The molecule has 7 heteroatoms. The van der Waals surface area contributed by atoms with Gasteiger partial charge in [0.1, 0.15) is 5.82 Å². The molecule has 0 aromatic heterocycles. The zero-order valence-electron chi connectivity index (χ0n) is 13.2. The summed E-state index contributed by atoms with van der Waals surface area (Å²) in [6.45, 7) is 1.66. The summed E-state index contributed by atoms with van der Waals surface area (Å²) in [5.41, 5.74) is -0.0825. The molecule has 0 unspecified atom stereocenters. The van der Waals surface area contributed by atoms with E-state index in [0.29, 0.717) is 25.3 Å². The Balaban J connectivity index is 1.96. The predicted molar refractivity (Wildman–Crippen MR) is 89.1 cm³/mol. The van der Waals surface area contributed by atoms with Crippen LogP contribution in [0.2, 0.25) is 0 Å². The van der Waals surface area contributed by atoms with E-state index >= 15 is 0 Å². The van der Waals surface area contributed by atoms with Crippen molar-refractivity contribution in [3.63, 3.8) is 0 Å². The van der Waals surface area contributed by atoms with E-state index in [1.54, 1.807) is 18.2 Å². The van der Waals surface area contributed by atoms with Gasteiger partial charge in [-0.1, -0.05) is 24.3 Å². The molecule has 2 nitrogen and oxygen atoms in total. The highest BCUT2D eigenvalue weighted by Gasteiger charge is 2.35. The summed E-state index contributed by atoms with van der Waals surface area (Å²) in [6, 6.07) is 11.4. The monoisotopic (exact) mass is 371 g/mol. The third-order valence-electron chi connectivity index (χ3n) is 3.92. The van der Waals surface area contributed by atoms with Crippen molar-refractivity contribution >= 4 is 11.8 Å². The summed E-state index contributed by atoms with van der Waals surface area (Å²) in [5, 5.41) is 2.72. The molecule has 0 bridgehead atoms. The molecule has 2 atom stereocenters. The van der Waals surface area contributed by atoms with Crippen molar-refractivity contribution in [2.45, 2.75) is 22.4 Å². The standard InChI is InChI=1S/C18H17F4NOS/c19-13-5-3-4-12(10-13)17(15-11-23-8-9-24-15)25-16-7-2-1-6-14(16)18(20,21)22/h1-7,10,15,17,23H,8-9,11H2/t15-,17-/m0/s1. The highest BCUT2D eigenvalue weighted by atomic mass is 32.2. The van der Waals surface area contributed by atoms with Crippen LogP contribution in [0.3, 0.4) is 0 Å². The van der Waals surface area contributed by atoms with Gasteiger partial charge >= 0.3 is 6.18 Å². The fourth-order valence-electron chi connectivity index (χ4n) is 2.76. The Hall–Kier alpha value is -1.57. The second kappa shape index (κ2) is 7.76. The molecular weight excluding hydrogens is 354 g/mol. The Morgan fingerprint density at radius 1 is 1.12 bits per heavy atom. The first-order valence-corrected chi connectivity index (χ1v) is 8.74. The van der Waals surface area contributed by atoms with Crippen molar-refractivity contribution in [2.24, 2.45) is 0 Å². The highest BCUT2D eigenvalue weighted by Crippen LogP contribution is 2.44. The summed E-state index contributed by atoms with van der Waals surface area (Å²) >= 11 is 1.06. The average Bonchev–Trinajstić information content (AvgIpc) is 2.60. The molecule has 1 N–H and O–H groups in total. The van der Waals surface area contributed by atoms with Crippen LogP contribution in [0.1, 0.15) is 16.4 Å². The molecule has 1 heterocycles. The second-order valence-corrected chi connectivity index (χ2v) is 6.88. The molecule has 0 spiro atoms. The number of thioether (sulfide) groups is 1. The quantitative estimate of drug-likeness (QED) is 0.624. The lowest BCUT2D eigenvalue weighted by molar-refractivity contribution is -0.139.